The molecule has 0 saturated carbocycles. The normalized spacial score (nSPS) is 22.1. The lowest BCUT2D eigenvalue weighted by Gasteiger charge is -2.21. The van der Waals surface area contributed by atoms with Crippen molar-refractivity contribution in [3.8, 4) is 5.75 Å². The first-order chi connectivity index (χ1) is 10.6. The lowest BCUT2D eigenvalue weighted by atomic mass is 10.2. The fraction of sp³-hybridized carbons (Fsp3) is 0.467. The van der Waals surface area contributed by atoms with E-state index in [0.29, 0.717) is 37.8 Å². The zero-order valence-electron chi connectivity index (χ0n) is 12.3. The molecule has 1 aromatic heterocycles. The third-order valence-corrected chi connectivity index (χ3v) is 3.68. The molecule has 1 fully saturated rings. The first kappa shape index (κ1) is 14.9. The van der Waals surface area contributed by atoms with E-state index in [1.807, 2.05) is 4.90 Å². The number of halogens is 1. The van der Waals surface area contributed by atoms with Crippen molar-refractivity contribution in [1.29, 1.82) is 0 Å². The molecule has 3 rings (SSSR count). The van der Waals surface area contributed by atoms with Crippen LogP contribution in [-0.4, -0.2) is 45.9 Å². The molecule has 22 heavy (non-hydrogen) atoms. The van der Waals surface area contributed by atoms with Crippen LogP contribution in [0.25, 0.3) is 0 Å². The van der Waals surface area contributed by atoms with Gasteiger partial charge in [-0.1, -0.05) is 17.3 Å². The number of aliphatic hydroxyl groups is 1. The molecule has 0 aliphatic carbocycles. The van der Waals surface area contributed by atoms with Crippen molar-refractivity contribution in [2.24, 2.45) is 0 Å². The van der Waals surface area contributed by atoms with Crippen LogP contribution in [0.2, 0.25) is 0 Å². The minimum absolute atomic E-state index is 0.125. The summed E-state index contributed by atoms with van der Waals surface area (Å²) < 4.78 is 24.1. The summed E-state index contributed by atoms with van der Waals surface area (Å²) in [5, 5.41) is 13.7. The Hall–Kier alpha value is -1.99. The summed E-state index contributed by atoms with van der Waals surface area (Å²) in [6, 6.07) is 6.17. The predicted octanol–water partition coefficient (Wildman–Crippen LogP) is 1.70. The molecule has 2 aromatic rings. The summed E-state index contributed by atoms with van der Waals surface area (Å²) in [5.41, 5.74) is 0. The Labute approximate surface area is 127 Å². The van der Waals surface area contributed by atoms with Crippen LogP contribution in [0, 0.1) is 12.7 Å². The fourth-order valence-electron chi connectivity index (χ4n) is 2.67. The van der Waals surface area contributed by atoms with E-state index < -0.39 is 6.10 Å². The van der Waals surface area contributed by atoms with Crippen molar-refractivity contribution >= 4 is 0 Å². The van der Waals surface area contributed by atoms with Crippen molar-refractivity contribution < 1.29 is 18.8 Å². The van der Waals surface area contributed by atoms with E-state index in [2.05, 4.69) is 10.1 Å². The lowest BCUT2D eigenvalue weighted by Crippen LogP contribution is -2.29. The van der Waals surface area contributed by atoms with E-state index in [0.717, 1.165) is 0 Å². The Morgan fingerprint density at radius 1 is 1.45 bits per heavy atom. The Bertz CT molecular complexity index is 634. The van der Waals surface area contributed by atoms with E-state index >= 15 is 0 Å². The van der Waals surface area contributed by atoms with E-state index in [1.165, 1.54) is 6.07 Å². The smallest absolute Gasteiger partial charge is 0.244 e. The van der Waals surface area contributed by atoms with E-state index in [1.54, 1.807) is 25.1 Å². The van der Waals surface area contributed by atoms with Gasteiger partial charge in [-0.3, -0.25) is 4.90 Å². The number of rotatable bonds is 5. The van der Waals surface area contributed by atoms with Crippen LogP contribution in [0.15, 0.2) is 28.8 Å². The van der Waals surface area contributed by atoms with Crippen LogP contribution >= 0.6 is 0 Å². The number of hydrogen-bond donors (Lipinski definition) is 1. The molecule has 7 heteroatoms. The van der Waals surface area contributed by atoms with Gasteiger partial charge in [0.05, 0.1) is 12.1 Å². The molecule has 6 nitrogen and oxygen atoms in total. The van der Waals surface area contributed by atoms with Gasteiger partial charge in [0.25, 0.3) is 0 Å². The number of nitrogens with zero attached hydrogens (tertiary/aromatic N) is 3. The molecule has 2 heterocycles. The zero-order valence-corrected chi connectivity index (χ0v) is 12.3. The minimum Gasteiger partial charge on any atom is -0.489 e. The molecule has 1 saturated heterocycles. The number of likely N-dealkylation sites (tertiary alicyclic amines) is 1. The molecule has 0 radical (unpaired) electrons. The number of ether oxygens (including phenoxy) is 1. The third-order valence-electron chi connectivity index (χ3n) is 3.68. The van der Waals surface area contributed by atoms with E-state index in [9.17, 15) is 9.50 Å². The minimum atomic E-state index is -0.439. The first-order valence-electron chi connectivity index (χ1n) is 7.23. The third kappa shape index (κ3) is 3.26. The second-order valence-electron chi connectivity index (χ2n) is 5.36. The van der Waals surface area contributed by atoms with Gasteiger partial charge in [0.2, 0.25) is 5.89 Å². The van der Waals surface area contributed by atoms with E-state index in [-0.39, 0.29) is 17.6 Å². The van der Waals surface area contributed by atoms with E-state index in [4.69, 9.17) is 9.26 Å². The Balaban J connectivity index is 1.60. The number of benzene rings is 1. The average molecular weight is 307 g/mol. The molecule has 1 aliphatic rings. The van der Waals surface area contributed by atoms with Crippen LogP contribution < -0.4 is 4.74 Å². The van der Waals surface area contributed by atoms with Gasteiger partial charge < -0.3 is 14.4 Å². The number of β-amino-alcohol motifs (C(OH)–C–C–N with tert-alkyl or cyclic N) is 1. The summed E-state index contributed by atoms with van der Waals surface area (Å²) in [5.74, 6) is 0.916. The van der Waals surface area contributed by atoms with Crippen molar-refractivity contribution in [2.75, 3.05) is 19.7 Å². The summed E-state index contributed by atoms with van der Waals surface area (Å²) in [4.78, 5) is 6.24. The zero-order chi connectivity index (χ0) is 15.5. The van der Waals surface area contributed by atoms with Gasteiger partial charge in [-0.25, -0.2) is 4.39 Å². The molecule has 1 aromatic carbocycles. The maximum atomic E-state index is 13.5. The fourth-order valence-corrected chi connectivity index (χ4v) is 2.67. The number of aliphatic hydroxyl groups excluding tert-OH is 1. The van der Waals surface area contributed by atoms with Crippen molar-refractivity contribution in [3.63, 3.8) is 0 Å². The van der Waals surface area contributed by atoms with Gasteiger partial charge in [-0.05, 0) is 25.5 Å². The quantitative estimate of drug-likeness (QED) is 0.906. The highest BCUT2D eigenvalue weighted by atomic mass is 19.1. The van der Waals surface area contributed by atoms with Crippen molar-refractivity contribution in [3.05, 3.63) is 41.8 Å². The van der Waals surface area contributed by atoms with Gasteiger partial charge >= 0.3 is 0 Å². The SMILES string of the molecule is Cc1noc([C@H]2C[C@@H](O)CN2CCOc2ccccc2F)n1. The van der Waals surface area contributed by atoms with Gasteiger partial charge in [0.15, 0.2) is 17.4 Å². The molecular formula is C15H18FN3O3. The molecule has 1 N–H and O–H groups in total. The van der Waals surface area contributed by atoms with Gasteiger partial charge in [0.1, 0.15) is 6.61 Å². The van der Waals surface area contributed by atoms with Crippen LogP contribution in [0.3, 0.4) is 0 Å². The second-order valence-corrected chi connectivity index (χ2v) is 5.36. The number of para-hydroxylation sites is 1. The molecule has 1 aliphatic heterocycles. The highest BCUT2D eigenvalue weighted by Gasteiger charge is 2.35. The highest BCUT2D eigenvalue weighted by molar-refractivity contribution is 5.23. The van der Waals surface area contributed by atoms with Crippen LogP contribution in [0.1, 0.15) is 24.2 Å². The van der Waals surface area contributed by atoms with Crippen LogP contribution in [0.5, 0.6) is 5.75 Å². The molecule has 0 bridgehead atoms. The summed E-state index contributed by atoms with van der Waals surface area (Å²) in [6.07, 6.45) is 0.104. The lowest BCUT2D eigenvalue weighted by molar-refractivity contribution is 0.153. The predicted molar refractivity (Wildman–Crippen MR) is 75.9 cm³/mol. The standard InChI is InChI=1S/C15H18FN3O3/c1-10-17-15(22-18-10)13-8-11(20)9-19(13)6-7-21-14-5-3-2-4-12(14)16/h2-5,11,13,20H,6-9H2,1H3/t11-,13-/m1/s1. The van der Waals surface area contributed by atoms with Gasteiger partial charge in [-0.15, -0.1) is 0 Å². The van der Waals surface area contributed by atoms with Gasteiger partial charge in [0, 0.05) is 13.1 Å². The van der Waals surface area contributed by atoms with Crippen LogP contribution in [-0.2, 0) is 0 Å². The first-order valence-corrected chi connectivity index (χ1v) is 7.23. The Morgan fingerprint density at radius 2 is 2.27 bits per heavy atom. The highest BCUT2D eigenvalue weighted by Crippen LogP contribution is 2.30. The average Bonchev–Trinajstić information content (AvgIpc) is 3.07. The molecule has 0 unspecified atom stereocenters. The summed E-state index contributed by atoms with van der Waals surface area (Å²) >= 11 is 0. The van der Waals surface area contributed by atoms with Crippen molar-refractivity contribution in [1.82, 2.24) is 15.0 Å². The second kappa shape index (κ2) is 6.41. The Morgan fingerprint density at radius 3 is 3.00 bits per heavy atom. The number of aromatic nitrogens is 2. The maximum absolute atomic E-state index is 13.5. The molecule has 0 amide bonds. The number of hydrogen-bond acceptors (Lipinski definition) is 6. The molecular weight excluding hydrogens is 289 g/mol. The number of aryl methyl sites for hydroxylation is 1. The largest absolute Gasteiger partial charge is 0.489 e. The molecule has 118 valence electrons. The van der Waals surface area contributed by atoms with Crippen LogP contribution in [0.4, 0.5) is 4.39 Å². The summed E-state index contributed by atoms with van der Waals surface area (Å²) in [7, 11) is 0. The van der Waals surface area contributed by atoms with Crippen molar-refractivity contribution in [2.45, 2.75) is 25.5 Å². The topological polar surface area (TPSA) is 71.6 Å². The van der Waals surface area contributed by atoms with Gasteiger partial charge in [-0.2, -0.15) is 4.98 Å². The summed E-state index contributed by atoms with van der Waals surface area (Å²) in [6.45, 7) is 3.12. The Kier molecular flexibility index (Phi) is 4.35. The molecule has 0 spiro atoms. The maximum Gasteiger partial charge on any atom is 0.244 e. The monoisotopic (exact) mass is 307 g/mol. The molecule has 2 atom stereocenters.